The third-order valence-electron chi connectivity index (χ3n) is 6.57. The van der Waals surface area contributed by atoms with E-state index in [0.717, 1.165) is 15.6 Å². The number of fused-ring (bicyclic) bond motifs is 1. The van der Waals surface area contributed by atoms with E-state index in [4.69, 9.17) is 19.2 Å². The van der Waals surface area contributed by atoms with Crippen molar-refractivity contribution in [1.82, 2.24) is 9.47 Å². The van der Waals surface area contributed by atoms with Gasteiger partial charge in [0.15, 0.2) is 16.3 Å². The van der Waals surface area contributed by atoms with Crippen molar-refractivity contribution in [2.24, 2.45) is 4.99 Å². The first-order valence-corrected chi connectivity index (χ1v) is 14.3. The van der Waals surface area contributed by atoms with Crippen LogP contribution in [0.1, 0.15) is 44.9 Å². The Labute approximate surface area is 240 Å². The molecule has 1 atom stereocenters. The van der Waals surface area contributed by atoms with Gasteiger partial charge in [-0.15, -0.1) is 0 Å². The van der Waals surface area contributed by atoms with Crippen LogP contribution in [0.3, 0.4) is 0 Å². The molecule has 4 rings (SSSR count). The van der Waals surface area contributed by atoms with Gasteiger partial charge in [-0.2, -0.15) is 0 Å². The summed E-state index contributed by atoms with van der Waals surface area (Å²) in [6.45, 7) is 9.18. The summed E-state index contributed by atoms with van der Waals surface area (Å²) in [6, 6.07) is 10.5. The lowest BCUT2D eigenvalue weighted by Gasteiger charge is -2.29. The van der Waals surface area contributed by atoms with Gasteiger partial charge in [0.05, 0.1) is 41.1 Å². The molecule has 1 aliphatic heterocycles. The molecule has 0 N–H and O–H groups in total. The fraction of sp³-hybridized carbons (Fsp3) is 0.345. The lowest BCUT2D eigenvalue weighted by Crippen LogP contribution is -2.43. The van der Waals surface area contributed by atoms with Crippen LogP contribution < -0.4 is 29.1 Å². The lowest BCUT2D eigenvalue weighted by atomic mass is 9.94. The zero-order valence-corrected chi connectivity index (χ0v) is 25.3. The van der Waals surface area contributed by atoms with Crippen LogP contribution in [0.2, 0.25) is 0 Å². The predicted molar refractivity (Wildman–Crippen MR) is 157 cm³/mol. The molecule has 1 aliphatic rings. The molecule has 39 heavy (non-hydrogen) atoms. The van der Waals surface area contributed by atoms with Gasteiger partial charge >= 0.3 is 0 Å². The molecule has 2 heterocycles. The third-order valence-corrected chi connectivity index (χ3v) is 8.15. The first-order valence-electron chi connectivity index (χ1n) is 12.7. The quantitative estimate of drug-likeness (QED) is 0.360. The molecule has 0 fully saturated rings. The minimum absolute atomic E-state index is 0.147. The number of amides is 1. The van der Waals surface area contributed by atoms with E-state index in [1.165, 1.54) is 11.3 Å². The van der Waals surface area contributed by atoms with Crippen LogP contribution >= 0.6 is 27.3 Å². The Morgan fingerprint density at radius 3 is 2.46 bits per heavy atom. The van der Waals surface area contributed by atoms with Crippen LogP contribution in [-0.4, -0.2) is 49.3 Å². The standard InChI is InChI=1S/C29H32BrN3O5S/c1-7-32(8-2)28(35)24-17(4)31-29-33(25(24)19-12-10-11-13-21(19)36-5)27(34)23(39-29)16-18-14-20(30)26(38-9-3)22(15-18)37-6/h10-16,25H,7-9H2,1-6H3/b23-16+/t25-/m1/s1. The summed E-state index contributed by atoms with van der Waals surface area (Å²) in [5.74, 6) is 1.61. The van der Waals surface area contributed by atoms with Gasteiger partial charge in [-0.05, 0) is 73.5 Å². The van der Waals surface area contributed by atoms with E-state index in [-0.39, 0.29) is 11.5 Å². The van der Waals surface area contributed by atoms with Gasteiger partial charge in [0.25, 0.3) is 11.5 Å². The van der Waals surface area contributed by atoms with Crippen molar-refractivity contribution in [2.45, 2.75) is 33.7 Å². The molecule has 2 aromatic carbocycles. The van der Waals surface area contributed by atoms with Crippen LogP contribution in [0.4, 0.5) is 0 Å². The molecular formula is C29H32BrN3O5S. The summed E-state index contributed by atoms with van der Waals surface area (Å²) in [7, 11) is 3.16. The summed E-state index contributed by atoms with van der Waals surface area (Å²) < 4.78 is 19.7. The molecule has 8 nitrogen and oxygen atoms in total. The zero-order valence-electron chi connectivity index (χ0n) is 22.9. The molecule has 206 valence electrons. The van der Waals surface area contributed by atoms with Crippen molar-refractivity contribution < 1.29 is 19.0 Å². The average Bonchev–Trinajstić information content (AvgIpc) is 3.23. The molecule has 0 aliphatic carbocycles. The molecule has 0 radical (unpaired) electrons. The molecule has 1 amide bonds. The van der Waals surface area contributed by atoms with E-state index in [0.29, 0.717) is 57.5 Å². The molecule has 0 spiro atoms. The molecule has 1 aromatic heterocycles. The maximum absolute atomic E-state index is 14.0. The van der Waals surface area contributed by atoms with E-state index in [2.05, 4.69) is 15.9 Å². The number of aromatic nitrogens is 1. The molecule has 10 heteroatoms. The van der Waals surface area contributed by atoms with Gasteiger partial charge in [-0.3, -0.25) is 14.2 Å². The number of likely N-dealkylation sites (N-methyl/N-ethyl adjacent to an activating group) is 1. The summed E-state index contributed by atoms with van der Waals surface area (Å²) in [4.78, 5) is 34.8. The van der Waals surface area contributed by atoms with Gasteiger partial charge in [0.2, 0.25) is 0 Å². The number of benzene rings is 2. The number of methoxy groups -OCH3 is 2. The summed E-state index contributed by atoms with van der Waals surface area (Å²) in [5, 5.41) is 0. The number of ether oxygens (including phenoxy) is 3. The highest BCUT2D eigenvalue weighted by Crippen LogP contribution is 2.38. The van der Waals surface area contributed by atoms with Crippen LogP contribution in [0.25, 0.3) is 6.08 Å². The maximum Gasteiger partial charge on any atom is 0.271 e. The van der Waals surface area contributed by atoms with Crippen LogP contribution in [0.15, 0.2) is 61.9 Å². The summed E-state index contributed by atoms with van der Waals surface area (Å²) in [6.07, 6.45) is 1.80. The Kier molecular flexibility index (Phi) is 8.97. The number of hydrogen-bond acceptors (Lipinski definition) is 7. The molecule has 0 saturated carbocycles. The largest absolute Gasteiger partial charge is 0.496 e. The Hall–Kier alpha value is -3.37. The Morgan fingerprint density at radius 2 is 1.82 bits per heavy atom. The highest BCUT2D eigenvalue weighted by atomic mass is 79.9. The van der Waals surface area contributed by atoms with E-state index < -0.39 is 6.04 Å². The molecule has 0 unspecified atom stereocenters. The van der Waals surface area contributed by atoms with Gasteiger partial charge in [0, 0.05) is 18.7 Å². The second kappa shape index (κ2) is 12.2. The average molecular weight is 615 g/mol. The Morgan fingerprint density at radius 1 is 1.13 bits per heavy atom. The molecule has 3 aromatic rings. The topological polar surface area (TPSA) is 82.4 Å². The minimum Gasteiger partial charge on any atom is -0.496 e. The zero-order chi connectivity index (χ0) is 28.3. The Balaban J connectivity index is 1.97. The van der Waals surface area contributed by atoms with Crippen molar-refractivity contribution in [1.29, 1.82) is 0 Å². The lowest BCUT2D eigenvalue weighted by molar-refractivity contribution is -0.127. The normalized spacial score (nSPS) is 15.1. The van der Waals surface area contributed by atoms with E-state index in [9.17, 15) is 9.59 Å². The van der Waals surface area contributed by atoms with E-state index in [1.807, 2.05) is 64.1 Å². The first kappa shape index (κ1) is 28.6. The second-order valence-electron chi connectivity index (χ2n) is 8.77. The van der Waals surface area contributed by atoms with Crippen molar-refractivity contribution in [3.8, 4) is 17.2 Å². The highest BCUT2D eigenvalue weighted by Gasteiger charge is 2.35. The van der Waals surface area contributed by atoms with E-state index >= 15 is 0 Å². The first-order chi connectivity index (χ1) is 18.8. The number of thiazole rings is 1. The molecule has 0 bridgehead atoms. The number of allylic oxidation sites excluding steroid dienone is 1. The van der Waals surface area contributed by atoms with Crippen LogP contribution in [0.5, 0.6) is 17.2 Å². The fourth-order valence-corrected chi connectivity index (χ4v) is 6.34. The SMILES string of the molecule is CCOc1c(Br)cc(/C=c2/sc3n(c2=O)[C@H](c2ccccc2OC)C(C(=O)N(CC)CC)=C(C)N=3)cc1OC. The summed E-state index contributed by atoms with van der Waals surface area (Å²) in [5.41, 5.74) is 2.30. The van der Waals surface area contributed by atoms with Gasteiger partial charge in [-0.1, -0.05) is 29.5 Å². The van der Waals surface area contributed by atoms with Gasteiger partial charge in [0.1, 0.15) is 11.8 Å². The van der Waals surface area contributed by atoms with Gasteiger partial charge < -0.3 is 19.1 Å². The van der Waals surface area contributed by atoms with Crippen molar-refractivity contribution in [3.05, 3.63) is 83.0 Å². The monoisotopic (exact) mass is 613 g/mol. The van der Waals surface area contributed by atoms with Crippen molar-refractivity contribution >= 4 is 39.2 Å². The third kappa shape index (κ3) is 5.40. The number of rotatable bonds is 9. The number of nitrogens with zero attached hydrogens (tertiary/aromatic N) is 3. The van der Waals surface area contributed by atoms with Gasteiger partial charge in [-0.25, -0.2) is 4.99 Å². The second-order valence-corrected chi connectivity index (χ2v) is 10.6. The number of halogens is 1. The fourth-order valence-electron chi connectivity index (χ4n) is 4.72. The smallest absolute Gasteiger partial charge is 0.271 e. The predicted octanol–water partition coefficient (Wildman–Crippen LogP) is 4.28. The number of para-hydroxylation sites is 1. The number of hydrogen-bond donors (Lipinski definition) is 0. The molecule has 0 saturated heterocycles. The Bertz CT molecular complexity index is 1600. The van der Waals surface area contributed by atoms with Crippen molar-refractivity contribution in [2.75, 3.05) is 33.9 Å². The summed E-state index contributed by atoms with van der Waals surface area (Å²) >= 11 is 4.84. The van der Waals surface area contributed by atoms with Crippen LogP contribution in [-0.2, 0) is 4.79 Å². The van der Waals surface area contributed by atoms with Crippen molar-refractivity contribution in [3.63, 3.8) is 0 Å². The van der Waals surface area contributed by atoms with Crippen LogP contribution in [0, 0.1) is 0 Å². The maximum atomic E-state index is 14.0. The molecular weight excluding hydrogens is 582 g/mol. The number of carbonyl (C=O) groups excluding carboxylic acids is 1. The number of carbonyl (C=O) groups is 1. The minimum atomic E-state index is -0.686. The highest BCUT2D eigenvalue weighted by molar-refractivity contribution is 9.10. The van der Waals surface area contributed by atoms with E-state index in [1.54, 1.807) is 29.8 Å².